The number of hydrogen-bond acceptors (Lipinski definition) is 5. The highest BCUT2D eigenvalue weighted by atomic mass is 19.4. The van der Waals surface area contributed by atoms with E-state index in [1.165, 1.54) is 0 Å². The maximum atomic E-state index is 13.5. The number of likely N-dealkylation sites (tertiary alicyclic amines) is 1. The van der Waals surface area contributed by atoms with Crippen LogP contribution in [-0.4, -0.2) is 60.5 Å². The highest BCUT2D eigenvalue weighted by Crippen LogP contribution is 2.33. The summed E-state index contributed by atoms with van der Waals surface area (Å²) in [7, 11) is 0. The second-order valence-corrected chi connectivity index (χ2v) is 8.19. The Morgan fingerprint density at radius 2 is 1.71 bits per heavy atom. The third kappa shape index (κ3) is 7.52. The molecule has 0 bridgehead atoms. The Balaban J connectivity index is 2.07. The molecule has 2 amide bonds. The predicted molar refractivity (Wildman–Crippen MR) is 107 cm³/mol. The van der Waals surface area contributed by atoms with Crippen molar-refractivity contribution in [1.29, 1.82) is 0 Å². The molecule has 1 N–H and O–H groups in total. The highest BCUT2D eigenvalue weighted by Gasteiger charge is 2.48. The average molecular weight is 446 g/mol. The maximum absolute atomic E-state index is 13.5. The fraction of sp³-hybridized carbons (Fsp3) is 0.619. The third-order valence-electron chi connectivity index (χ3n) is 4.50. The van der Waals surface area contributed by atoms with E-state index in [4.69, 9.17) is 14.2 Å². The molecular formula is C21H29F3N2O5. The summed E-state index contributed by atoms with van der Waals surface area (Å²) in [6.07, 6.45) is -5.58. The molecule has 1 aliphatic rings. The zero-order valence-corrected chi connectivity index (χ0v) is 18.1. The second kappa shape index (κ2) is 10.1. The molecule has 174 valence electrons. The van der Waals surface area contributed by atoms with Gasteiger partial charge in [-0.3, -0.25) is 4.79 Å². The van der Waals surface area contributed by atoms with E-state index < -0.39 is 42.5 Å². The van der Waals surface area contributed by atoms with Crippen LogP contribution in [0.1, 0.15) is 40.5 Å². The number of alkyl carbamates (subject to hydrolysis) is 1. The van der Waals surface area contributed by atoms with E-state index in [0.717, 1.165) is 4.90 Å². The average Bonchev–Trinajstić information content (AvgIpc) is 2.64. The lowest BCUT2D eigenvalue weighted by molar-refractivity contribution is -0.198. The SMILES string of the molecule is CCOc1ccccc1OCC(=O)N1C[C@@H](NC(=O)OC(C)(C)C)CC[C@H]1C(F)(F)F. The van der Waals surface area contributed by atoms with Crippen LogP contribution in [0.2, 0.25) is 0 Å². The van der Waals surface area contributed by atoms with Crippen molar-refractivity contribution in [2.75, 3.05) is 19.8 Å². The first-order chi connectivity index (χ1) is 14.4. The van der Waals surface area contributed by atoms with Crippen LogP contribution in [0.15, 0.2) is 24.3 Å². The van der Waals surface area contributed by atoms with Crippen molar-refractivity contribution in [3.63, 3.8) is 0 Å². The van der Waals surface area contributed by atoms with Crippen molar-refractivity contribution in [2.45, 2.75) is 64.4 Å². The van der Waals surface area contributed by atoms with Gasteiger partial charge in [0.05, 0.1) is 6.61 Å². The van der Waals surface area contributed by atoms with E-state index in [-0.39, 0.29) is 25.1 Å². The van der Waals surface area contributed by atoms with Crippen molar-refractivity contribution >= 4 is 12.0 Å². The van der Waals surface area contributed by atoms with Gasteiger partial charge in [-0.25, -0.2) is 4.79 Å². The first-order valence-corrected chi connectivity index (χ1v) is 10.1. The Labute approximate surface area is 179 Å². The summed E-state index contributed by atoms with van der Waals surface area (Å²) < 4.78 is 56.6. The number of rotatable bonds is 6. The van der Waals surface area contributed by atoms with Gasteiger partial charge in [-0.1, -0.05) is 12.1 Å². The Hall–Kier alpha value is -2.65. The summed E-state index contributed by atoms with van der Waals surface area (Å²) in [5, 5.41) is 2.55. The molecule has 1 aromatic rings. The number of benzene rings is 1. The normalized spacial score (nSPS) is 19.5. The van der Waals surface area contributed by atoms with Gasteiger partial charge < -0.3 is 24.4 Å². The van der Waals surface area contributed by atoms with E-state index >= 15 is 0 Å². The van der Waals surface area contributed by atoms with Gasteiger partial charge in [0.15, 0.2) is 18.1 Å². The van der Waals surface area contributed by atoms with Crippen molar-refractivity contribution in [3.05, 3.63) is 24.3 Å². The zero-order chi connectivity index (χ0) is 23.2. The van der Waals surface area contributed by atoms with Gasteiger partial charge in [-0.05, 0) is 52.7 Å². The largest absolute Gasteiger partial charge is 0.490 e. The topological polar surface area (TPSA) is 77.1 Å². The van der Waals surface area contributed by atoms with Gasteiger partial charge in [0, 0.05) is 12.6 Å². The summed E-state index contributed by atoms with van der Waals surface area (Å²) in [6.45, 7) is 6.31. The van der Waals surface area contributed by atoms with E-state index in [0.29, 0.717) is 12.4 Å². The highest BCUT2D eigenvalue weighted by molar-refractivity contribution is 5.78. The molecule has 31 heavy (non-hydrogen) atoms. The molecule has 1 aliphatic heterocycles. The quantitative estimate of drug-likeness (QED) is 0.717. The van der Waals surface area contributed by atoms with Gasteiger partial charge in [-0.2, -0.15) is 13.2 Å². The summed E-state index contributed by atoms with van der Waals surface area (Å²) in [5.74, 6) is -0.167. The van der Waals surface area contributed by atoms with Crippen molar-refractivity contribution in [3.8, 4) is 11.5 Å². The number of halogens is 3. The van der Waals surface area contributed by atoms with Gasteiger partial charge in [0.25, 0.3) is 5.91 Å². The van der Waals surface area contributed by atoms with Gasteiger partial charge >= 0.3 is 12.3 Å². The number of alkyl halides is 3. The minimum atomic E-state index is -4.59. The van der Waals surface area contributed by atoms with Crippen molar-refractivity contribution in [1.82, 2.24) is 10.2 Å². The lowest BCUT2D eigenvalue weighted by Crippen LogP contribution is -2.59. The zero-order valence-electron chi connectivity index (χ0n) is 18.1. The molecule has 2 rings (SSSR count). The van der Waals surface area contributed by atoms with Crippen LogP contribution in [0.3, 0.4) is 0 Å². The van der Waals surface area contributed by atoms with Crippen LogP contribution >= 0.6 is 0 Å². The number of para-hydroxylation sites is 2. The van der Waals surface area contributed by atoms with Crippen LogP contribution in [0.25, 0.3) is 0 Å². The number of hydrogen-bond donors (Lipinski definition) is 1. The molecule has 0 aromatic heterocycles. The Bertz CT molecular complexity index is 764. The maximum Gasteiger partial charge on any atom is 0.408 e. The smallest absolute Gasteiger partial charge is 0.408 e. The van der Waals surface area contributed by atoms with Crippen LogP contribution in [-0.2, 0) is 9.53 Å². The molecule has 7 nitrogen and oxygen atoms in total. The number of nitrogens with zero attached hydrogens (tertiary/aromatic N) is 1. The van der Waals surface area contributed by atoms with E-state index in [1.54, 1.807) is 52.0 Å². The third-order valence-corrected chi connectivity index (χ3v) is 4.50. The number of piperidine rings is 1. The van der Waals surface area contributed by atoms with E-state index in [9.17, 15) is 22.8 Å². The number of amides is 2. The molecule has 0 spiro atoms. The lowest BCUT2D eigenvalue weighted by Gasteiger charge is -2.40. The molecule has 0 radical (unpaired) electrons. The molecule has 1 aromatic carbocycles. The minimum absolute atomic E-state index is 0.0707. The number of carbonyl (C=O) groups excluding carboxylic acids is 2. The molecule has 10 heteroatoms. The molecule has 0 aliphatic carbocycles. The van der Waals surface area contributed by atoms with Crippen LogP contribution in [0.4, 0.5) is 18.0 Å². The molecule has 1 fully saturated rings. The van der Waals surface area contributed by atoms with Crippen molar-refractivity contribution in [2.24, 2.45) is 0 Å². The predicted octanol–water partition coefficient (Wildman–Crippen LogP) is 3.91. The molecule has 0 unspecified atom stereocenters. The summed E-state index contributed by atoms with van der Waals surface area (Å²) in [5.41, 5.74) is -0.745. The molecule has 1 heterocycles. The van der Waals surface area contributed by atoms with E-state index in [1.807, 2.05) is 0 Å². The van der Waals surface area contributed by atoms with E-state index in [2.05, 4.69) is 5.32 Å². The van der Waals surface area contributed by atoms with Gasteiger partial charge in [0.1, 0.15) is 11.6 Å². The minimum Gasteiger partial charge on any atom is -0.490 e. The molecule has 2 atom stereocenters. The number of nitrogens with one attached hydrogen (secondary N) is 1. The first kappa shape index (κ1) is 24.6. The summed E-state index contributed by atoms with van der Waals surface area (Å²) >= 11 is 0. The monoisotopic (exact) mass is 446 g/mol. The fourth-order valence-corrected chi connectivity index (χ4v) is 3.25. The van der Waals surface area contributed by atoms with Crippen LogP contribution in [0.5, 0.6) is 11.5 Å². The summed E-state index contributed by atoms with van der Waals surface area (Å²) in [4.78, 5) is 25.4. The fourth-order valence-electron chi connectivity index (χ4n) is 3.25. The Kier molecular flexibility index (Phi) is 8.02. The molecule has 0 saturated carbocycles. The molecular weight excluding hydrogens is 417 g/mol. The van der Waals surface area contributed by atoms with Crippen LogP contribution in [0, 0.1) is 0 Å². The second-order valence-electron chi connectivity index (χ2n) is 8.19. The number of ether oxygens (including phenoxy) is 3. The number of carbonyl (C=O) groups is 2. The molecule has 1 saturated heterocycles. The van der Waals surface area contributed by atoms with Crippen LogP contribution < -0.4 is 14.8 Å². The Morgan fingerprint density at radius 1 is 1.10 bits per heavy atom. The first-order valence-electron chi connectivity index (χ1n) is 10.1. The standard InChI is InChI=1S/C21H29F3N2O5/c1-5-29-15-8-6-7-9-16(15)30-13-18(27)26-12-14(10-11-17(26)21(22,23)24)25-19(28)31-20(2,3)4/h6-9,14,17H,5,10-13H2,1-4H3,(H,25,28)/t14-,17-/m0/s1. The van der Waals surface area contributed by atoms with Gasteiger partial charge in [-0.15, -0.1) is 0 Å². The Morgan fingerprint density at radius 3 is 2.26 bits per heavy atom. The van der Waals surface area contributed by atoms with Gasteiger partial charge in [0.2, 0.25) is 0 Å². The lowest BCUT2D eigenvalue weighted by atomic mass is 9.97. The summed E-state index contributed by atoms with van der Waals surface area (Å²) in [6, 6.07) is 4.00. The van der Waals surface area contributed by atoms with Crippen molar-refractivity contribution < 1.29 is 37.0 Å².